The third-order valence-electron chi connectivity index (χ3n) is 4.01. The summed E-state index contributed by atoms with van der Waals surface area (Å²) in [6.07, 6.45) is 0.852. The van der Waals surface area contributed by atoms with Crippen LogP contribution in [-0.4, -0.2) is 9.97 Å². The number of ether oxygens (including phenoxy) is 1. The van der Waals surface area contributed by atoms with E-state index >= 15 is 0 Å². The number of hydrogen-bond donors (Lipinski definition) is 0. The standard InChI is InChI=1S/C21H22N2OS/c1-4-18-13-20(24-19-11-10-15(2)16(3)12-19)23-21(22-18)25-14-17-8-6-5-7-9-17/h5-13H,4,14H2,1-3H3. The first-order valence-electron chi connectivity index (χ1n) is 8.44. The fourth-order valence-corrected chi connectivity index (χ4v) is 3.19. The first-order chi connectivity index (χ1) is 12.1. The van der Waals surface area contributed by atoms with E-state index in [0.717, 1.165) is 28.8 Å². The summed E-state index contributed by atoms with van der Waals surface area (Å²) in [5.74, 6) is 2.26. The van der Waals surface area contributed by atoms with Gasteiger partial charge in [-0.25, -0.2) is 4.98 Å². The van der Waals surface area contributed by atoms with Gasteiger partial charge in [0, 0.05) is 17.5 Å². The number of benzene rings is 2. The SMILES string of the molecule is CCc1cc(Oc2ccc(C)c(C)c2)nc(SCc2ccccc2)n1. The molecule has 0 saturated heterocycles. The quantitative estimate of drug-likeness (QED) is 0.419. The highest BCUT2D eigenvalue weighted by Crippen LogP contribution is 2.26. The van der Waals surface area contributed by atoms with Crippen molar-refractivity contribution in [3.05, 3.63) is 77.0 Å². The van der Waals surface area contributed by atoms with Crippen LogP contribution in [-0.2, 0) is 12.2 Å². The Labute approximate surface area is 153 Å². The highest BCUT2D eigenvalue weighted by atomic mass is 32.2. The summed E-state index contributed by atoms with van der Waals surface area (Å²) in [4.78, 5) is 9.19. The van der Waals surface area contributed by atoms with E-state index in [9.17, 15) is 0 Å². The van der Waals surface area contributed by atoms with E-state index in [1.165, 1.54) is 16.7 Å². The predicted molar refractivity (Wildman–Crippen MR) is 103 cm³/mol. The second-order valence-corrected chi connectivity index (χ2v) is 6.90. The summed E-state index contributed by atoms with van der Waals surface area (Å²) >= 11 is 1.63. The highest BCUT2D eigenvalue weighted by Gasteiger charge is 2.08. The molecule has 2 aromatic carbocycles. The Kier molecular flexibility index (Phi) is 5.71. The van der Waals surface area contributed by atoms with Crippen LogP contribution >= 0.6 is 11.8 Å². The van der Waals surface area contributed by atoms with Crippen LogP contribution in [0, 0.1) is 13.8 Å². The van der Waals surface area contributed by atoms with Crippen LogP contribution in [0.4, 0.5) is 0 Å². The molecule has 0 N–H and O–H groups in total. The van der Waals surface area contributed by atoms with Crippen LogP contribution in [0.15, 0.2) is 59.8 Å². The number of hydrogen-bond acceptors (Lipinski definition) is 4. The van der Waals surface area contributed by atoms with Gasteiger partial charge in [-0.15, -0.1) is 0 Å². The molecule has 0 aliphatic rings. The van der Waals surface area contributed by atoms with Crippen molar-refractivity contribution in [3.63, 3.8) is 0 Å². The van der Waals surface area contributed by atoms with Gasteiger partial charge in [-0.2, -0.15) is 4.98 Å². The number of rotatable bonds is 6. The Morgan fingerprint density at radius 1 is 0.920 bits per heavy atom. The van der Waals surface area contributed by atoms with Gasteiger partial charge in [0.2, 0.25) is 5.88 Å². The molecule has 1 heterocycles. The minimum atomic E-state index is 0.602. The van der Waals surface area contributed by atoms with Crippen LogP contribution < -0.4 is 4.74 Å². The lowest BCUT2D eigenvalue weighted by atomic mass is 10.1. The summed E-state index contributed by atoms with van der Waals surface area (Å²) < 4.78 is 5.98. The lowest BCUT2D eigenvalue weighted by Crippen LogP contribution is -1.97. The van der Waals surface area contributed by atoms with Crippen molar-refractivity contribution in [2.45, 2.75) is 38.1 Å². The minimum absolute atomic E-state index is 0.602. The van der Waals surface area contributed by atoms with Crippen molar-refractivity contribution in [2.24, 2.45) is 0 Å². The molecule has 0 bridgehead atoms. The van der Waals surface area contributed by atoms with Crippen molar-refractivity contribution in [1.29, 1.82) is 0 Å². The van der Waals surface area contributed by atoms with E-state index in [1.54, 1.807) is 11.8 Å². The molecule has 25 heavy (non-hydrogen) atoms. The molecular formula is C21H22N2OS. The zero-order chi connectivity index (χ0) is 17.6. The van der Waals surface area contributed by atoms with Gasteiger partial charge in [-0.1, -0.05) is 55.1 Å². The molecule has 0 aliphatic carbocycles. The minimum Gasteiger partial charge on any atom is -0.439 e. The Morgan fingerprint density at radius 2 is 1.72 bits per heavy atom. The molecule has 4 heteroatoms. The van der Waals surface area contributed by atoms with Gasteiger partial charge in [0.15, 0.2) is 5.16 Å². The molecular weight excluding hydrogens is 328 g/mol. The summed E-state index contributed by atoms with van der Waals surface area (Å²) in [5, 5.41) is 0.752. The van der Waals surface area contributed by atoms with E-state index in [4.69, 9.17) is 4.74 Å². The molecule has 0 spiro atoms. The Hall–Kier alpha value is -2.33. The Morgan fingerprint density at radius 3 is 2.44 bits per heavy atom. The summed E-state index contributed by atoms with van der Waals surface area (Å²) in [7, 11) is 0. The highest BCUT2D eigenvalue weighted by molar-refractivity contribution is 7.98. The number of aromatic nitrogens is 2. The number of aryl methyl sites for hydroxylation is 3. The molecule has 0 aliphatic heterocycles. The molecule has 0 saturated carbocycles. The van der Waals surface area contributed by atoms with Crippen LogP contribution in [0.25, 0.3) is 0 Å². The molecule has 3 aromatic rings. The maximum absolute atomic E-state index is 5.98. The molecule has 0 fully saturated rings. The maximum Gasteiger partial charge on any atom is 0.223 e. The van der Waals surface area contributed by atoms with Gasteiger partial charge in [-0.05, 0) is 49.1 Å². The van der Waals surface area contributed by atoms with Crippen molar-refractivity contribution in [2.75, 3.05) is 0 Å². The second-order valence-electron chi connectivity index (χ2n) is 5.96. The maximum atomic E-state index is 5.98. The summed E-state index contributed by atoms with van der Waals surface area (Å²) in [5.41, 5.74) is 4.71. The van der Waals surface area contributed by atoms with E-state index in [1.807, 2.05) is 36.4 Å². The van der Waals surface area contributed by atoms with Crippen LogP contribution in [0.5, 0.6) is 11.6 Å². The molecule has 0 radical (unpaired) electrons. The van der Waals surface area contributed by atoms with Gasteiger partial charge in [0.25, 0.3) is 0 Å². The van der Waals surface area contributed by atoms with Crippen molar-refractivity contribution in [1.82, 2.24) is 9.97 Å². The molecule has 0 atom stereocenters. The fourth-order valence-electron chi connectivity index (χ4n) is 2.37. The van der Waals surface area contributed by atoms with Gasteiger partial charge < -0.3 is 4.74 Å². The normalized spacial score (nSPS) is 10.7. The second kappa shape index (κ2) is 8.17. The van der Waals surface area contributed by atoms with Crippen molar-refractivity contribution >= 4 is 11.8 Å². The molecule has 0 unspecified atom stereocenters. The smallest absolute Gasteiger partial charge is 0.223 e. The molecule has 3 nitrogen and oxygen atoms in total. The summed E-state index contributed by atoms with van der Waals surface area (Å²) in [6.45, 7) is 6.27. The van der Waals surface area contributed by atoms with Gasteiger partial charge in [0.1, 0.15) is 5.75 Å². The fraction of sp³-hybridized carbons (Fsp3) is 0.238. The zero-order valence-electron chi connectivity index (χ0n) is 14.8. The average Bonchev–Trinajstić information content (AvgIpc) is 2.64. The molecule has 0 amide bonds. The van der Waals surface area contributed by atoms with Gasteiger partial charge >= 0.3 is 0 Å². The third kappa shape index (κ3) is 4.83. The number of nitrogens with zero attached hydrogens (tertiary/aromatic N) is 2. The van der Waals surface area contributed by atoms with Crippen LogP contribution in [0.3, 0.4) is 0 Å². The van der Waals surface area contributed by atoms with Crippen LogP contribution in [0.1, 0.15) is 29.3 Å². The van der Waals surface area contributed by atoms with E-state index < -0.39 is 0 Å². The van der Waals surface area contributed by atoms with E-state index in [2.05, 4.69) is 48.9 Å². The lowest BCUT2D eigenvalue weighted by Gasteiger charge is -2.10. The molecule has 128 valence electrons. The average molecular weight is 350 g/mol. The van der Waals surface area contributed by atoms with Crippen LogP contribution in [0.2, 0.25) is 0 Å². The predicted octanol–water partition coefficient (Wildman–Crippen LogP) is 5.74. The van der Waals surface area contributed by atoms with Gasteiger partial charge in [0.05, 0.1) is 0 Å². The lowest BCUT2D eigenvalue weighted by molar-refractivity contribution is 0.453. The van der Waals surface area contributed by atoms with E-state index in [-0.39, 0.29) is 0 Å². The third-order valence-corrected chi connectivity index (χ3v) is 4.93. The zero-order valence-corrected chi connectivity index (χ0v) is 15.6. The summed E-state index contributed by atoms with van der Waals surface area (Å²) in [6, 6.07) is 18.4. The van der Waals surface area contributed by atoms with Gasteiger partial charge in [-0.3, -0.25) is 0 Å². The number of thioether (sulfide) groups is 1. The van der Waals surface area contributed by atoms with E-state index in [0.29, 0.717) is 5.88 Å². The first kappa shape index (κ1) is 17.5. The largest absolute Gasteiger partial charge is 0.439 e. The monoisotopic (exact) mass is 350 g/mol. The van der Waals surface area contributed by atoms with Crippen molar-refractivity contribution in [3.8, 4) is 11.6 Å². The first-order valence-corrected chi connectivity index (χ1v) is 9.42. The van der Waals surface area contributed by atoms with Crippen molar-refractivity contribution < 1.29 is 4.74 Å². The molecule has 3 rings (SSSR count). The Bertz CT molecular complexity index is 850. The Balaban J connectivity index is 1.78. The topological polar surface area (TPSA) is 35.0 Å². The molecule has 1 aromatic heterocycles.